The van der Waals surface area contributed by atoms with Gasteiger partial charge in [0.05, 0.1) is 11.7 Å². The summed E-state index contributed by atoms with van der Waals surface area (Å²) in [6.07, 6.45) is 1.40. The molecule has 1 aliphatic rings. The van der Waals surface area contributed by atoms with Crippen molar-refractivity contribution in [3.63, 3.8) is 0 Å². The van der Waals surface area contributed by atoms with Gasteiger partial charge in [-0.05, 0) is 30.4 Å². The zero-order valence-corrected chi connectivity index (χ0v) is 16.8. The first-order chi connectivity index (χ1) is 13.5. The molecule has 1 fully saturated rings. The van der Waals surface area contributed by atoms with Crippen LogP contribution < -0.4 is 5.73 Å². The number of esters is 1. The lowest BCUT2D eigenvalue weighted by Gasteiger charge is -2.31. The Morgan fingerprint density at radius 2 is 1.96 bits per heavy atom. The quantitative estimate of drug-likeness (QED) is 0.573. The van der Waals surface area contributed by atoms with Crippen molar-refractivity contribution < 1.29 is 19.1 Å². The molecule has 1 heterocycles. The van der Waals surface area contributed by atoms with Crippen LogP contribution in [0.2, 0.25) is 5.02 Å². The second kappa shape index (κ2) is 9.30. The van der Waals surface area contributed by atoms with Gasteiger partial charge in [0.2, 0.25) is 5.91 Å². The van der Waals surface area contributed by atoms with E-state index in [0.717, 1.165) is 15.7 Å². The molecule has 0 unspecified atom stereocenters. The van der Waals surface area contributed by atoms with Crippen LogP contribution in [0.5, 0.6) is 0 Å². The number of benzene rings is 2. The van der Waals surface area contributed by atoms with Gasteiger partial charge in [-0.1, -0.05) is 35.9 Å². The predicted octanol–water partition coefficient (Wildman–Crippen LogP) is 2.85. The lowest BCUT2D eigenvalue weighted by Crippen LogP contribution is -2.45. The highest BCUT2D eigenvalue weighted by Gasteiger charge is 2.27. The van der Waals surface area contributed by atoms with E-state index in [4.69, 9.17) is 22.1 Å². The number of primary amides is 1. The Morgan fingerprint density at radius 1 is 1.21 bits per heavy atom. The number of piperidine rings is 1. The molecule has 0 spiro atoms. The fourth-order valence-electron chi connectivity index (χ4n) is 3.23. The molecule has 0 bridgehead atoms. The summed E-state index contributed by atoms with van der Waals surface area (Å²) in [6, 6.07) is 11.4. The highest BCUT2D eigenvalue weighted by Crippen LogP contribution is 2.33. The van der Waals surface area contributed by atoms with E-state index in [9.17, 15) is 14.4 Å². The van der Waals surface area contributed by atoms with Crippen molar-refractivity contribution >= 4 is 51.9 Å². The molecule has 3 rings (SSSR count). The number of nitrogens with two attached hydrogens (primary N) is 1. The number of rotatable bonds is 6. The second-order valence-corrected chi connectivity index (χ2v) is 8.05. The zero-order chi connectivity index (χ0) is 20.1. The third kappa shape index (κ3) is 4.97. The Bertz CT molecular complexity index is 900. The number of hydrogen-bond acceptors (Lipinski definition) is 5. The summed E-state index contributed by atoms with van der Waals surface area (Å²) in [5, 5.41) is 2.51. The Kier molecular flexibility index (Phi) is 6.80. The van der Waals surface area contributed by atoms with Gasteiger partial charge in [-0.25, -0.2) is 0 Å². The second-order valence-electron chi connectivity index (χ2n) is 6.62. The number of halogens is 1. The van der Waals surface area contributed by atoms with E-state index in [2.05, 4.69) is 0 Å². The van der Waals surface area contributed by atoms with E-state index < -0.39 is 11.9 Å². The number of fused-ring (bicyclic) bond motifs is 1. The average molecular weight is 421 g/mol. The predicted molar refractivity (Wildman–Crippen MR) is 109 cm³/mol. The van der Waals surface area contributed by atoms with Crippen molar-refractivity contribution in [2.75, 3.05) is 25.4 Å². The van der Waals surface area contributed by atoms with Crippen molar-refractivity contribution in [3.8, 4) is 0 Å². The van der Waals surface area contributed by atoms with Crippen LogP contribution >= 0.6 is 23.4 Å². The van der Waals surface area contributed by atoms with E-state index in [1.54, 1.807) is 0 Å². The van der Waals surface area contributed by atoms with E-state index in [-0.39, 0.29) is 30.7 Å². The van der Waals surface area contributed by atoms with Gasteiger partial charge in [0.15, 0.2) is 6.61 Å². The lowest BCUT2D eigenvalue weighted by atomic mass is 9.97. The minimum Gasteiger partial charge on any atom is -0.455 e. The van der Waals surface area contributed by atoms with Crippen molar-refractivity contribution in [3.05, 3.63) is 41.4 Å². The lowest BCUT2D eigenvalue weighted by molar-refractivity contribution is -0.151. The smallest absolute Gasteiger partial charge is 0.316 e. The molecule has 1 saturated heterocycles. The van der Waals surface area contributed by atoms with E-state index in [0.29, 0.717) is 24.4 Å². The number of ether oxygens (including phenoxy) is 1. The average Bonchev–Trinajstić information content (AvgIpc) is 2.70. The number of carbonyl (C=O) groups excluding carboxylic acids is 3. The number of nitrogens with zero attached hydrogens (tertiary/aromatic N) is 1. The maximum absolute atomic E-state index is 12.2. The van der Waals surface area contributed by atoms with E-state index in [1.165, 1.54) is 16.7 Å². The highest BCUT2D eigenvalue weighted by molar-refractivity contribution is 8.00. The van der Waals surface area contributed by atoms with E-state index >= 15 is 0 Å². The topological polar surface area (TPSA) is 89.7 Å². The Balaban J connectivity index is 1.51. The van der Waals surface area contributed by atoms with Crippen molar-refractivity contribution in [1.82, 2.24) is 4.90 Å². The van der Waals surface area contributed by atoms with E-state index in [1.807, 2.05) is 36.4 Å². The van der Waals surface area contributed by atoms with Gasteiger partial charge in [-0.2, -0.15) is 0 Å². The summed E-state index contributed by atoms with van der Waals surface area (Å²) in [7, 11) is 0. The summed E-state index contributed by atoms with van der Waals surface area (Å²) in [6.45, 7) is 0.500. The summed E-state index contributed by atoms with van der Waals surface area (Å²) in [5.74, 6) is -1.45. The SMILES string of the molecule is NC(=O)[C@H]1CCCN(C(=O)COC(=O)CSc2cccc3cccc(Cl)c23)C1. The Hall–Kier alpha value is -2.25. The van der Waals surface area contributed by atoms with Crippen molar-refractivity contribution in [1.29, 1.82) is 0 Å². The van der Waals surface area contributed by atoms with Gasteiger partial charge < -0.3 is 15.4 Å². The van der Waals surface area contributed by atoms with Crippen LogP contribution in [0.25, 0.3) is 10.8 Å². The van der Waals surface area contributed by atoms with Gasteiger partial charge >= 0.3 is 5.97 Å². The molecule has 8 heteroatoms. The first-order valence-electron chi connectivity index (χ1n) is 8.98. The molecule has 2 amide bonds. The number of likely N-dealkylation sites (tertiary alicyclic amines) is 1. The molecule has 2 N–H and O–H groups in total. The van der Waals surface area contributed by atoms with Gasteiger partial charge in [-0.3, -0.25) is 14.4 Å². The summed E-state index contributed by atoms with van der Waals surface area (Å²) >= 11 is 7.61. The molecule has 6 nitrogen and oxygen atoms in total. The van der Waals surface area contributed by atoms with Crippen LogP contribution in [0.4, 0.5) is 0 Å². The van der Waals surface area contributed by atoms with Gasteiger partial charge in [-0.15, -0.1) is 11.8 Å². The van der Waals surface area contributed by atoms with Crippen molar-refractivity contribution in [2.45, 2.75) is 17.7 Å². The monoisotopic (exact) mass is 420 g/mol. The number of thioether (sulfide) groups is 1. The van der Waals surface area contributed by atoms with Gasteiger partial charge in [0.25, 0.3) is 5.91 Å². The number of amides is 2. The molecule has 0 aromatic heterocycles. The Labute approximate surface area is 172 Å². The summed E-state index contributed by atoms with van der Waals surface area (Å²) < 4.78 is 5.12. The third-order valence-corrected chi connectivity index (χ3v) is 6.04. The van der Waals surface area contributed by atoms with Crippen LogP contribution in [0.15, 0.2) is 41.3 Å². The highest BCUT2D eigenvalue weighted by atomic mass is 35.5. The minimum atomic E-state index is -0.481. The number of carbonyl (C=O) groups is 3. The molecule has 2 aromatic carbocycles. The molecule has 0 radical (unpaired) electrons. The normalized spacial score (nSPS) is 16.8. The largest absolute Gasteiger partial charge is 0.455 e. The molecule has 0 saturated carbocycles. The molecular formula is C20H21ClN2O4S. The summed E-state index contributed by atoms with van der Waals surface area (Å²) in [5.41, 5.74) is 5.32. The zero-order valence-electron chi connectivity index (χ0n) is 15.2. The molecule has 28 heavy (non-hydrogen) atoms. The van der Waals surface area contributed by atoms with Crippen LogP contribution in [0, 0.1) is 5.92 Å². The van der Waals surface area contributed by atoms with Gasteiger partial charge in [0, 0.05) is 28.4 Å². The minimum absolute atomic E-state index is 0.0710. The van der Waals surface area contributed by atoms with Gasteiger partial charge in [0.1, 0.15) is 0 Å². The fourth-order valence-corrected chi connectivity index (χ4v) is 4.47. The molecule has 2 aromatic rings. The van der Waals surface area contributed by atoms with Crippen molar-refractivity contribution in [2.24, 2.45) is 11.7 Å². The molecule has 148 valence electrons. The molecule has 0 aliphatic carbocycles. The van der Waals surface area contributed by atoms with Crippen LogP contribution in [0.1, 0.15) is 12.8 Å². The molecule has 1 atom stereocenters. The first kappa shape index (κ1) is 20.5. The van der Waals surface area contributed by atoms with Crippen LogP contribution in [-0.2, 0) is 19.1 Å². The third-order valence-electron chi connectivity index (χ3n) is 4.69. The summed E-state index contributed by atoms with van der Waals surface area (Å²) in [4.78, 5) is 38.0. The maximum Gasteiger partial charge on any atom is 0.316 e. The maximum atomic E-state index is 12.2. The molecular weight excluding hydrogens is 400 g/mol. The standard InChI is InChI=1S/C20H21ClN2O4S/c21-15-7-1-4-13-5-2-8-16(19(13)15)28-12-18(25)27-11-17(24)23-9-3-6-14(10-23)20(22)26/h1-2,4-5,7-8,14H,3,6,9-12H2,(H2,22,26)/t14-/m0/s1. The Morgan fingerprint density at radius 3 is 2.71 bits per heavy atom. The fraction of sp³-hybridized carbons (Fsp3) is 0.350. The number of hydrogen-bond donors (Lipinski definition) is 1. The first-order valence-corrected chi connectivity index (χ1v) is 10.3. The van der Waals surface area contributed by atoms with Crippen LogP contribution in [-0.4, -0.2) is 48.1 Å². The molecule has 1 aliphatic heterocycles. The van der Waals surface area contributed by atoms with Crippen LogP contribution in [0.3, 0.4) is 0 Å².